The predicted molar refractivity (Wildman–Crippen MR) is 82.3 cm³/mol. The van der Waals surface area contributed by atoms with E-state index in [4.69, 9.17) is 17.3 Å². The van der Waals surface area contributed by atoms with E-state index in [1.807, 2.05) is 0 Å². The van der Waals surface area contributed by atoms with Crippen LogP contribution >= 0.6 is 12.2 Å². The number of carboxylic acids is 1. The van der Waals surface area contributed by atoms with Crippen molar-refractivity contribution in [2.45, 2.75) is 51.1 Å². The lowest BCUT2D eigenvalue weighted by atomic mass is 9.96. The SMILES string of the molecule is O=C(O)c1n[nH]c2c1CCN(C(=S)NC1CCCCC1)C2. The maximum Gasteiger partial charge on any atom is 0.356 e. The molecule has 0 radical (unpaired) electrons. The molecular formula is C14H20N4O2S. The van der Waals surface area contributed by atoms with Crippen LogP contribution in [0.15, 0.2) is 0 Å². The summed E-state index contributed by atoms with van der Waals surface area (Å²) < 4.78 is 0. The number of rotatable bonds is 2. The molecule has 1 saturated carbocycles. The largest absolute Gasteiger partial charge is 0.476 e. The van der Waals surface area contributed by atoms with Gasteiger partial charge in [-0.05, 0) is 31.5 Å². The molecule has 1 aliphatic heterocycles. The summed E-state index contributed by atoms with van der Waals surface area (Å²) in [5, 5.41) is 20.0. The molecule has 1 aromatic heterocycles. The molecule has 0 unspecified atom stereocenters. The number of nitrogens with zero attached hydrogens (tertiary/aromatic N) is 2. The number of fused-ring (bicyclic) bond motifs is 1. The molecule has 21 heavy (non-hydrogen) atoms. The Hall–Kier alpha value is -1.63. The van der Waals surface area contributed by atoms with E-state index < -0.39 is 5.97 Å². The Morgan fingerprint density at radius 3 is 2.86 bits per heavy atom. The van der Waals surface area contributed by atoms with Gasteiger partial charge in [-0.1, -0.05) is 19.3 Å². The number of hydrogen-bond donors (Lipinski definition) is 3. The van der Waals surface area contributed by atoms with Crippen molar-refractivity contribution in [1.29, 1.82) is 0 Å². The fraction of sp³-hybridized carbons (Fsp3) is 0.643. The highest BCUT2D eigenvalue weighted by Gasteiger charge is 2.26. The Morgan fingerprint density at radius 1 is 1.38 bits per heavy atom. The van der Waals surface area contributed by atoms with Gasteiger partial charge in [-0.2, -0.15) is 5.10 Å². The van der Waals surface area contributed by atoms with E-state index in [0.717, 1.165) is 22.9 Å². The maximum atomic E-state index is 11.1. The summed E-state index contributed by atoms with van der Waals surface area (Å²) in [6.07, 6.45) is 6.91. The fourth-order valence-corrected chi connectivity index (χ4v) is 3.50. The third kappa shape index (κ3) is 3.02. The van der Waals surface area contributed by atoms with Crippen molar-refractivity contribution >= 4 is 23.3 Å². The van der Waals surface area contributed by atoms with Crippen molar-refractivity contribution in [1.82, 2.24) is 20.4 Å². The molecule has 3 N–H and O–H groups in total. The number of aromatic nitrogens is 2. The number of carbonyl (C=O) groups is 1. The number of aromatic amines is 1. The topological polar surface area (TPSA) is 81.2 Å². The number of aromatic carboxylic acids is 1. The van der Waals surface area contributed by atoms with Crippen LogP contribution in [0.5, 0.6) is 0 Å². The summed E-state index contributed by atoms with van der Waals surface area (Å²) in [6, 6.07) is 0.490. The Balaban J connectivity index is 1.63. The second-order valence-electron chi connectivity index (χ2n) is 5.79. The summed E-state index contributed by atoms with van der Waals surface area (Å²) in [5.41, 5.74) is 1.83. The molecule has 2 heterocycles. The van der Waals surface area contributed by atoms with Crippen LogP contribution in [0.1, 0.15) is 53.8 Å². The van der Waals surface area contributed by atoms with Gasteiger partial charge in [0.05, 0.1) is 12.2 Å². The van der Waals surface area contributed by atoms with Gasteiger partial charge >= 0.3 is 5.97 Å². The highest BCUT2D eigenvalue weighted by atomic mass is 32.1. The molecule has 0 saturated heterocycles. The minimum atomic E-state index is -0.969. The van der Waals surface area contributed by atoms with Crippen molar-refractivity contribution in [2.75, 3.05) is 6.54 Å². The number of thiocarbonyl (C=S) groups is 1. The molecule has 3 rings (SSSR count). The van der Waals surface area contributed by atoms with Crippen molar-refractivity contribution in [3.05, 3.63) is 17.0 Å². The maximum absolute atomic E-state index is 11.1. The molecular weight excluding hydrogens is 288 g/mol. The molecule has 0 aromatic carbocycles. The first-order chi connectivity index (χ1) is 10.1. The molecule has 114 valence electrons. The van der Waals surface area contributed by atoms with Crippen LogP contribution in [-0.2, 0) is 13.0 Å². The van der Waals surface area contributed by atoms with E-state index in [1.54, 1.807) is 0 Å². The number of hydrogen-bond acceptors (Lipinski definition) is 3. The lowest BCUT2D eigenvalue weighted by Gasteiger charge is -2.32. The molecule has 1 aromatic rings. The zero-order valence-electron chi connectivity index (χ0n) is 11.9. The first kappa shape index (κ1) is 14.3. The third-order valence-electron chi connectivity index (χ3n) is 4.36. The average Bonchev–Trinajstić information content (AvgIpc) is 2.91. The van der Waals surface area contributed by atoms with Gasteiger partial charge in [-0.25, -0.2) is 4.79 Å². The zero-order valence-corrected chi connectivity index (χ0v) is 12.7. The van der Waals surface area contributed by atoms with Crippen molar-refractivity contribution in [3.63, 3.8) is 0 Å². The van der Waals surface area contributed by atoms with E-state index >= 15 is 0 Å². The second-order valence-corrected chi connectivity index (χ2v) is 6.18. The molecule has 0 spiro atoms. The smallest absolute Gasteiger partial charge is 0.356 e. The van der Waals surface area contributed by atoms with Crippen LogP contribution in [-0.4, -0.2) is 43.9 Å². The van der Waals surface area contributed by atoms with E-state index in [0.29, 0.717) is 19.0 Å². The van der Waals surface area contributed by atoms with Crippen LogP contribution in [0.25, 0.3) is 0 Å². The molecule has 1 aliphatic carbocycles. The van der Waals surface area contributed by atoms with E-state index in [1.165, 1.54) is 32.1 Å². The number of nitrogens with one attached hydrogen (secondary N) is 2. The Labute approximate surface area is 128 Å². The Kier molecular flexibility index (Phi) is 4.10. The van der Waals surface area contributed by atoms with Gasteiger partial charge in [0, 0.05) is 18.2 Å². The zero-order chi connectivity index (χ0) is 14.8. The molecule has 1 fully saturated rings. The lowest BCUT2D eigenvalue weighted by molar-refractivity contribution is 0.0689. The monoisotopic (exact) mass is 308 g/mol. The number of H-pyrrole nitrogens is 1. The minimum Gasteiger partial charge on any atom is -0.476 e. The van der Waals surface area contributed by atoms with Crippen LogP contribution in [0.2, 0.25) is 0 Å². The lowest BCUT2D eigenvalue weighted by Crippen LogP contribution is -2.47. The second kappa shape index (κ2) is 6.01. The third-order valence-corrected chi connectivity index (χ3v) is 4.73. The van der Waals surface area contributed by atoms with Gasteiger partial charge in [0.2, 0.25) is 0 Å². The van der Waals surface area contributed by atoms with Gasteiger partial charge in [0.1, 0.15) is 0 Å². The van der Waals surface area contributed by atoms with Gasteiger partial charge < -0.3 is 15.3 Å². The standard InChI is InChI=1S/C14H20N4O2S/c19-13(20)12-10-6-7-18(8-11(10)16-17-12)14(21)15-9-4-2-1-3-5-9/h9H,1-8H2,(H,15,21)(H,16,17)(H,19,20). The van der Waals surface area contributed by atoms with Crippen LogP contribution in [0, 0.1) is 0 Å². The quantitative estimate of drug-likeness (QED) is 0.721. The first-order valence-corrected chi connectivity index (χ1v) is 7.91. The van der Waals surface area contributed by atoms with Gasteiger partial charge in [-0.15, -0.1) is 0 Å². The summed E-state index contributed by atoms with van der Waals surface area (Å²) in [6.45, 7) is 1.35. The summed E-state index contributed by atoms with van der Waals surface area (Å²) in [4.78, 5) is 13.2. The summed E-state index contributed by atoms with van der Waals surface area (Å²) in [7, 11) is 0. The molecule has 0 bridgehead atoms. The van der Waals surface area contributed by atoms with Gasteiger partial charge in [-0.3, -0.25) is 5.10 Å². The first-order valence-electron chi connectivity index (χ1n) is 7.50. The van der Waals surface area contributed by atoms with Gasteiger partial charge in [0.25, 0.3) is 0 Å². The van der Waals surface area contributed by atoms with Crippen molar-refractivity contribution in [2.24, 2.45) is 0 Å². The average molecular weight is 308 g/mol. The molecule has 2 aliphatic rings. The van der Waals surface area contributed by atoms with E-state index in [2.05, 4.69) is 20.4 Å². The normalized spacial score (nSPS) is 19.1. The Morgan fingerprint density at radius 2 is 2.14 bits per heavy atom. The Bertz CT molecular complexity index is 551. The molecule has 7 heteroatoms. The highest BCUT2D eigenvalue weighted by molar-refractivity contribution is 7.80. The van der Waals surface area contributed by atoms with Crippen molar-refractivity contribution in [3.8, 4) is 0 Å². The van der Waals surface area contributed by atoms with E-state index in [9.17, 15) is 4.79 Å². The fourth-order valence-electron chi connectivity index (χ4n) is 3.18. The molecule has 0 amide bonds. The van der Waals surface area contributed by atoms with E-state index in [-0.39, 0.29) is 5.69 Å². The molecule has 0 atom stereocenters. The van der Waals surface area contributed by atoms with Gasteiger partial charge in [0.15, 0.2) is 10.8 Å². The summed E-state index contributed by atoms with van der Waals surface area (Å²) in [5.74, 6) is -0.969. The predicted octanol–water partition coefficient (Wildman–Crippen LogP) is 1.67. The van der Waals surface area contributed by atoms with Crippen molar-refractivity contribution < 1.29 is 9.90 Å². The minimum absolute atomic E-state index is 0.149. The molecule has 6 nitrogen and oxygen atoms in total. The number of carboxylic acid groups (broad SMARTS) is 1. The van der Waals surface area contributed by atoms with Crippen LogP contribution in [0.4, 0.5) is 0 Å². The van der Waals surface area contributed by atoms with Crippen LogP contribution < -0.4 is 5.32 Å². The summed E-state index contributed by atoms with van der Waals surface area (Å²) >= 11 is 5.51. The van der Waals surface area contributed by atoms with Crippen LogP contribution in [0.3, 0.4) is 0 Å². The highest BCUT2D eigenvalue weighted by Crippen LogP contribution is 2.21.